The van der Waals surface area contributed by atoms with Crippen LogP contribution in [0.1, 0.15) is 39.0 Å². The number of para-hydroxylation sites is 1. The van der Waals surface area contributed by atoms with Crippen LogP contribution in [-0.2, 0) is 9.53 Å². The number of amides is 2. The lowest BCUT2D eigenvalue weighted by atomic mass is 9.94. The molecule has 9 heteroatoms. The molecule has 8 nitrogen and oxygen atoms in total. The van der Waals surface area contributed by atoms with Gasteiger partial charge in [0.05, 0.1) is 16.9 Å². The van der Waals surface area contributed by atoms with Gasteiger partial charge in [0.1, 0.15) is 17.4 Å². The summed E-state index contributed by atoms with van der Waals surface area (Å²) in [7, 11) is 0. The van der Waals surface area contributed by atoms with Gasteiger partial charge in [0, 0.05) is 24.4 Å². The predicted molar refractivity (Wildman–Crippen MR) is 143 cm³/mol. The second-order valence-corrected chi connectivity index (χ2v) is 9.22. The maximum Gasteiger partial charge on any atom is 0.327 e. The Morgan fingerprint density at radius 1 is 1.03 bits per heavy atom. The molecule has 1 heterocycles. The molecule has 0 atom stereocenters. The number of esters is 1. The molecule has 0 aliphatic heterocycles. The Labute approximate surface area is 220 Å². The van der Waals surface area contributed by atoms with E-state index in [4.69, 9.17) is 14.6 Å². The monoisotopic (exact) mass is 516 g/mol. The van der Waals surface area contributed by atoms with Crippen molar-refractivity contribution in [3.8, 4) is 11.4 Å². The highest BCUT2D eigenvalue weighted by Gasteiger charge is 2.32. The third-order valence-electron chi connectivity index (χ3n) is 6.61. The van der Waals surface area contributed by atoms with Gasteiger partial charge in [0.2, 0.25) is 6.79 Å². The maximum absolute atomic E-state index is 15.0. The topological polar surface area (TPSA) is 85.7 Å². The first-order valence-electron chi connectivity index (χ1n) is 12.7. The van der Waals surface area contributed by atoms with Crippen molar-refractivity contribution in [1.29, 1.82) is 0 Å². The van der Waals surface area contributed by atoms with Gasteiger partial charge in [-0.3, -0.25) is 9.69 Å². The van der Waals surface area contributed by atoms with Crippen LogP contribution in [0.4, 0.5) is 20.7 Å². The van der Waals surface area contributed by atoms with Gasteiger partial charge in [-0.05, 0) is 49.2 Å². The maximum atomic E-state index is 15.0. The van der Waals surface area contributed by atoms with Crippen LogP contribution in [0.2, 0.25) is 0 Å². The molecule has 1 N–H and O–H groups in total. The Morgan fingerprint density at radius 3 is 2.50 bits per heavy atom. The summed E-state index contributed by atoms with van der Waals surface area (Å²) in [5, 5.41) is 8.44. The summed E-state index contributed by atoms with van der Waals surface area (Å²) in [5.41, 5.74) is 1.61. The van der Waals surface area contributed by atoms with Gasteiger partial charge in [0.15, 0.2) is 0 Å². The normalized spacial score (nSPS) is 13.7. The standard InChI is InChI=1S/C29H29FN4O4/c1-20(35)37-19-38-23-16-17-27(25(30)18-23)31-29(36)33(21-10-4-2-5-11-21)28-24-14-8-9-15-26(24)32-34(28)22-12-6-3-7-13-22/h3,6-9,12-18,21H,2,4-5,10-11,19H2,1H3,(H,31,36). The summed E-state index contributed by atoms with van der Waals surface area (Å²) >= 11 is 0. The van der Waals surface area contributed by atoms with Crippen molar-refractivity contribution in [2.45, 2.75) is 45.1 Å². The van der Waals surface area contributed by atoms with Crippen LogP contribution in [0.15, 0.2) is 72.8 Å². The Bertz CT molecular complexity index is 1430. The Balaban J connectivity index is 1.51. The third-order valence-corrected chi connectivity index (χ3v) is 6.61. The first-order chi connectivity index (χ1) is 18.5. The molecule has 4 aromatic rings. The molecule has 0 unspecified atom stereocenters. The van der Waals surface area contributed by atoms with E-state index in [-0.39, 0.29) is 24.3 Å². The van der Waals surface area contributed by atoms with Crippen molar-refractivity contribution in [2.24, 2.45) is 0 Å². The number of hydrogen-bond acceptors (Lipinski definition) is 5. The van der Waals surface area contributed by atoms with E-state index in [1.165, 1.54) is 19.1 Å². The molecule has 3 aromatic carbocycles. The number of carbonyl (C=O) groups excluding carboxylic acids is 2. The van der Waals surface area contributed by atoms with Crippen LogP contribution in [-0.4, -0.2) is 34.6 Å². The van der Waals surface area contributed by atoms with E-state index >= 15 is 4.39 Å². The van der Waals surface area contributed by atoms with E-state index in [1.54, 1.807) is 9.58 Å². The minimum atomic E-state index is -0.663. The van der Waals surface area contributed by atoms with Crippen molar-refractivity contribution < 1.29 is 23.5 Å². The van der Waals surface area contributed by atoms with Crippen molar-refractivity contribution in [2.75, 3.05) is 17.0 Å². The molecule has 0 saturated heterocycles. The number of fused-ring (bicyclic) bond motifs is 1. The molecular weight excluding hydrogens is 487 g/mol. The molecule has 2 amide bonds. The minimum absolute atomic E-state index is 0.0192. The number of halogens is 1. The average Bonchev–Trinajstić information content (AvgIpc) is 3.30. The smallest absolute Gasteiger partial charge is 0.327 e. The van der Waals surface area contributed by atoms with Crippen LogP contribution in [0.25, 0.3) is 16.6 Å². The highest BCUT2D eigenvalue weighted by Crippen LogP contribution is 2.35. The van der Waals surface area contributed by atoms with E-state index in [1.807, 2.05) is 54.6 Å². The summed E-state index contributed by atoms with van der Waals surface area (Å²) in [6.45, 7) is 0.931. The fourth-order valence-electron chi connectivity index (χ4n) is 4.82. The largest absolute Gasteiger partial charge is 0.457 e. The Kier molecular flexibility index (Phi) is 7.53. The van der Waals surface area contributed by atoms with Gasteiger partial charge in [-0.25, -0.2) is 13.9 Å². The number of rotatable bonds is 7. The molecule has 196 valence electrons. The fraction of sp³-hybridized carbons (Fsp3) is 0.276. The first-order valence-corrected chi connectivity index (χ1v) is 12.7. The summed E-state index contributed by atoms with van der Waals surface area (Å²) in [6.07, 6.45) is 4.82. The zero-order chi connectivity index (χ0) is 26.5. The molecule has 0 bridgehead atoms. The van der Waals surface area contributed by atoms with Crippen LogP contribution in [0.3, 0.4) is 0 Å². The molecule has 1 saturated carbocycles. The predicted octanol–water partition coefficient (Wildman–Crippen LogP) is 6.44. The number of benzene rings is 3. The fourth-order valence-corrected chi connectivity index (χ4v) is 4.82. The number of urea groups is 1. The molecule has 0 spiro atoms. The molecule has 38 heavy (non-hydrogen) atoms. The average molecular weight is 517 g/mol. The van der Waals surface area contributed by atoms with Crippen molar-refractivity contribution in [3.05, 3.63) is 78.6 Å². The number of hydrogen-bond donors (Lipinski definition) is 1. The molecule has 0 radical (unpaired) electrons. The van der Waals surface area contributed by atoms with Crippen LogP contribution in [0, 0.1) is 5.82 Å². The summed E-state index contributed by atoms with van der Waals surface area (Å²) in [6, 6.07) is 21.0. The second-order valence-electron chi connectivity index (χ2n) is 9.22. The van der Waals surface area contributed by atoms with Gasteiger partial charge in [-0.1, -0.05) is 49.6 Å². The molecule has 1 aliphatic rings. The highest BCUT2D eigenvalue weighted by atomic mass is 19.1. The lowest BCUT2D eigenvalue weighted by molar-refractivity contribution is -0.147. The van der Waals surface area contributed by atoms with Gasteiger partial charge in [-0.15, -0.1) is 0 Å². The van der Waals surface area contributed by atoms with Gasteiger partial charge in [0.25, 0.3) is 0 Å². The zero-order valence-corrected chi connectivity index (χ0v) is 21.1. The van der Waals surface area contributed by atoms with E-state index in [9.17, 15) is 9.59 Å². The van der Waals surface area contributed by atoms with Crippen molar-refractivity contribution >= 4 is 34.4 Å². The van der Waals surface area contributed by atoms with Gasteiger partial charge in [-0.2, -0.15) is 5.10 Å². The first kappa shape index (κ1) is 25.3. The number of anilines is 2. The summed E-state index contributed by atoms with van der Waals surface area (Å²) < 4.78 is 26.8. The van der Waals surface area contributed by atoms with Crippen molar-refractivity contribution in [3.63, 3.8) is 0 Å². The number of nitrogens with zero attached hydrogens (tertiary/aromatic N) is 3. The number of aromatic nitrogens is 2. The number of carbonyl (C=O) groups is 2. The van der Waals surface area contributed by atoms with E-state index in [0.29, 0.717) is 5.82 Å². The van der Waals surface area contributed by atoms with Crippen LogP contribution < -0.4 is 15.0 Å². The molecule has 1 fully saturated rings. The van der Waals surface area contributed by atoms with Gasteiger partial charge >= 0.3 is 12.0 Å². The third kappa shape index (κ3) is 5.46. The molecule has 5 rings (SSSR count). The van der Waals surface area contributed by atoms with Crippen LogP contribution in [0.5, 0.6) is 5.75 Å². The van der Waals surface area contributed by atoms with Crippen LogP contribution >= 0.6 is 0 Å². The van der Waals surface area contributed by atoms with Gasteiger partial charge < -0.3 is 14.8 Å². The minimum Gasteiger partial charge on any atom is -0.457 e. The molecular formula is C29H29FN4O4. The van der Waals surface area contributed by atoms with E-state index < -0.39 is 17.8 Å². The molecule has 1 aromatic heterocycles. The Morgan fingerprint density at radius 2 is 1.76 bits per heavy atom. The SMILES string of the molecule is CC(=O)OCOc1ccc(NC(=O)N(c2c3ccccc3nn2-c2ccccc2)C2CCCCC2)c(F)c1. The van der Waals surface area contributed by atoms with Crippen molar-refractivity contribution in [1.82, 2.24) is 9.78 Å². The second kappa shape index (κ2) is 11.3. The van der Waals surface area contributed by atoms with E-state index in [0.717, 1.165) is 54.8 Å². The summed E-state index contributed by atoms with van der Waals surface area (Å²) in [4.78, 5) is 26.6. The lowest BCUT2D eigenvalue weighted by Crippen LogP contribution is -2.45. The number of nitrogens with one attached hydrogen (secondary N) is 1. The zero-order valence-electron chi connectivity index (χ0n) is 21.1. The number of ether oxygens (including phenoxy) is 2. The highest BCUT2D eigenvalue weighted by molar-refractivity contribution is 6.07. The van der Waals surface area contributed by atoms with E-state index in [2.05, 4.69) is 5.32 Å². The Hall–Kier alpha value is -4.40. The summed E-state index contributed by atoms with van der Waals surface area (Å²) in [5.74, 6) is -0.333. The quantitative estimate of drug-likeness (QED) is 0.226. The molecule has 1 aliphatic carbocycles. The lowest BCUT2D eigenvalue weighted by Gasteiger charge is -2.34.